The van der Waals surface area contributed by atoms with Crippen LogP contribution in [0.4, 0.5) is 5.95 Å². The Bertz CT molecular complexity index is 949. The fraction of sp³-hybridized carbons (Fsp3) is 0.583. The van der Waals surface area contributed by atoms with E-state index in [1.54, 1.807) is 0 Å². The van der Waals surface area contributed by atoms with Gasteiger partial charge in [-0.1, -0.05) is 0 Å². The highest BCUT2D eigenvalue weighted by molar-refractivity contribution is 7.52. The van der Waals surface area contributed by atoms with E-state index in [9.17, 15) is 13.9 Å². The Morgan fingerprint density at radius 2 is 1.82 bits per heavy atom. The molecule has 0 bridgehead atoms. The fourth-order valence-electron chi connectivity index (χ4n) is 2.21. The highest BCUT2D eigenvalue weighted by atomic mass is 31.2. The van der Waals surface area contributed by atoms with Crippen LogP contribution in [0.5, 0.6) is 0 Å². The zero-order valence-corrected chi connectivity index (χ0v) is 16.3. The topological polar surface area (TPSA) is 223 Å². The summed E-state index contributed by atoms with van der Waals surface area (Å²) in [6, 6.07) is 0. The summed E-state index contributed by atoms with van der Waals surface area (Å²) in [6.45, 7) is -0.597. The molecule has 28 heavy (non-hydrogen) atoms. The zero-order valence-electron chi connectivity index (χ0n) is 14.5. The van der Waals surface area contributed by atoms with Gasteiger partial charge in [0.05, 0.1) is 51.1 Å². The second-order valence-electron chi connectivity index (χ2n) is 5.86. The molecule has 2 aromatic rings. The van der Waals surface area contributed by atoms with Crippen molar-refractivity contribution in [2.24, 2.45) is 0 Å². The highest BCUT2D eigenvalue weighted by Crippen LogP contribution is 2.34. The van der Waals surface area contributed by atoms with Gasteiger partial charge < -0.3 is 39.3 Å². The number of aromatic amines is 1. The van der Waals surface area contributed by atoms with E-state index >= 15 is 0 Å². The van der Waals surface area contributed by atoms with Gasteiger partial charge >= 0.3 is 15.2 Å². The number of ether oxygens (including phenoxy) is 2. The summed E-state index contributed by atoms with van der Waals surface area (Å²) < 4.78 is 33.9. The number of nitrogens with two attached hydrogens (primary N) is 1. The van der Waals surface area contributed by atoms with E-state index in [-0.39, 0.29) is 43.5 Å². The third-order valence-corrected chi connectivity index (χ3v) is 4.99. The van der Waals surface area contributed by atoms with Gasteiger partial charge in [-0.15, -0.1) is 0 Å². The molecule has 2 aromatic heterocycles. The molecule has 0 spiro atoms. The van der Waals surface area contributed by atoms with Crippen LogP contribution >= 0.6 is 15.2 Å². The van der Waals surface area contributed by atoms with Crippen LogP contribution in [0, 0.1) is 0 Å². The molecular weight excluding hydrogens is 420 g/mol. The van der Waals surface area contributed by atoms with E-state index in [4.69, 9.17) is 34.8 Å². The molecule has 0 aromatic carbocycles. The number of rotatable bonds is 11. The Morgan fingerprint density at radius 3 is 2.46 bits per heavy atom. The molecule has 0 fully saturated rings. The first-order valence-electron chi connectivity index (χ1n) is 7.94. The van der Waals surface area contributed by atoms with Crippen molar-refractivity contribution in [3.8, 4) is 0 Å². The summed E-state index contributed by atoms with van der Waals surface area (Å²) in [6.07, 6.45) is -0.435. The lowest BCUT2D eigenvalue weighted by molar-refractivity contribution is -0.0164. The number of nitrogen functional groups attached to an aromatic ring is 1. The van der Waals surface area contributed by atoms with E-state index in [2.05, 4.69) is 15.0 Å². The number of nitrogens with one attached hydrogen (secondary N) is 1. The van der Waals surface area contributed by atoms with Gasteiger partial charge in [0.15, 0.2) is 11.2 Å². The Balaban J connectivity index is 2.08. The van der Waals surface area contributed by atoms with Crippen molar-refractivity contribution in [1.29, 1.82) is 0 Å². The average Bonchev–Trinajstić information content (AvgIpc) is 2.92. The maximum absolute atomic E-state index is 11.8. The number of fused-ring (bicyclic) bond motifs is 1. The van der Waals surface area contributed by atoms with Crippen molar-refractivity contribution in [3.05, 3.63) is 16.7 Å². The van der Waals surface area contributed by atoms with Crippen LogP contribution in [0.15, 0.2) is 11.1 Å². The molecule has 0 radical (unpaired) electrons. The van der Waals surface area contributed by atoms with Crippen molar-refractivity contribution >= 4 is 32.3 Å². The molecule has 0 aliphatic heterocycles. The number of nitrogens with zero attached hydrogens (tertiary/aromatic N) is 3. The second kappa shape index (κ2) is 9.25. The Morgan fingerprint density at radius 1 is 1.18 bits per heavy atom. The maximum atomic E-state index is 11.8. The van der Waals surface area contributed by atoms with Gasteiger partial charge in [-0.25, -0.2) is 4.98 Å². The van der Waals surface area contributed by atoms with Crippen molar-refractivity contribution in [3.63, 3.8) is 0 Å². The summed E-state index contributed by atoms with van der Waals surface area (Å²) in [5, 5.41) is 0. The SMILES string of the molecule is Nc1nc2c(ncn2C[C@H](COCCP(=O)(O)O)OCCP(=O)(O)O)c(=O)[nH]1. The molecule has 2 rings (SSSR count). The molecule has 0 aliphatic rings. The van der Waals surface area contributed by atoms with Crippen LogP contribution in [0.2, 0.25) is 0 Å². The summed E-state index contributed by atoms with van der Waals surface area (Å²) in [4.78, 5) is 57.6. The van der Waals surface area contributed by atoms with Crippen LogP contribution < -0.4 is 11.3 Å². The predicted octanol–water partition coefficient (Wildman–Crippen LogP) is -1.54. The van der Waals surface area contributed by atoms with Gasteiger partial charge in [0, 0.05) is 0 Å². The van der Waals surface area contributed by atoms with Gasteiger partial charge in [0.25, 0.3) is 5.56 Å². The van der Waals surface area contributed by atoms with Crippen molar-refractivity contribution in [2.75, 3.05) is 37.9 Å². The highest BCUT2D eigenvalue weighted by Gasteiger charge is 2.19. The number of anilines is 1. The maximum Gasteiger partial charge on any atom is 0.327 e. The molecule has 0 unspecified atom stereocenters. The molecule has 0 saturated carbocycles. The minimum Gasteiger partial charge on any atom is -0.378 e. The molecule has 7 N–H and O–H groups in total. The molecule has 14 nitrogen and oxygen atoms in total. The zero-order chi connectivity index (χ0) is 20.9. The molecular formula is C12H21N5O9P2. The number of aromatic nitrogens is 4. The minimum atomic E-state index is -4.26. The predicted molar refractivity (Wildman–Crippen MR) is 96.9 cm³/mol. The lowest BCUT2D eigenvalue weighted by Gasteiger charge is -2.19. The van der Waals surface area contributed by atoms with Gasteiger partial charge in [0.1, 0.15) is 0 Å². The monoisotopic (exact) mass is 441 g/mol. The van der Waals surface area contributed by atoms with Gasteiger partial charge in [-0.05, 0) is 0 Å². The number of H-pyrrole nitrogens is 1. The second-order valence-corrected chi connectivity index (χ2v) is 9.42. The van der Waals surface area contributed by atoms with Crippen LogP contribution in [0.3, 0.4) is 0 Å². The lowest BCUT2D eigenvalue weighted by atomic mass is 10.3. The first-order chi connectivity index (χ1) is 12.9. The first kappa shape index (κ1) is 22.7. The van der Waals surface area contributed by atoms with Gasteiger partial charge in [-0.3, -0.25) is 18.9 Å². The first-order valence-corrected chi connectivity index (χ1v) is 11.5. The van der Waals surface area contributed by atoms with E-state index in [1.807, 2.05) is 0 Å². The smallest absolute Gasteiger partial charge is 0.327 e. The largest absolute Gasteiger partial charge is 0.378 e. The van der Waals surface area contributed by atoms with Crippen molar-refractivity contribution in [1.82, 2.24) is 19.5 Å². The molecule has 0 aliphatic carbocycles. The number of imidazole rings is 1. The molecule has 16 heteroatoms. The number of hydrogen-bond acceptors (Lipinski definition) is 8. The average molecular weight is 441 g/mol. The van der Waals surface area contributed by atoms with E-state index in [0.717, 1.165) is 0 Å². The van der Waals surface area contributed by atoms with Crippen LogP contribution in [0.25, 0.3) is 11.2 Å². The summed E-state index contributed by atoms with van der Waals surface area (Å²) in [7, 11) is -8.48. The molecule has 0 amide bonds. The third kappa shape index (κ3) is 7.41. The van der Waals surface area contributed by atoms with Crippen molar-refractivity contribution in [2.45, 2.75) is 12.6 Å². The molecule has 2 heterocycles. The third-order valence-electron chi connectivity index (χ3n) is 3.46. The Kier molecular flexibility index (Phi) is 7.48. The Labute approximate surface area is 158 Å². The molecule has 1 atom stereocenters. The quantitative estimate of drug-likeness (QED) is 0.172. The summed E-state index contributed by atoms with van der Waals surface area (Å²) >= 11 is 0. The summed E-state index contributed by atoms with van der Waals surface area (Å²) in [5.74, 6) is -0.115. The summed E-state index contributed by atoms with van der Waals surface area (Å²) in [5.41, 5.74) is 5.22. The molecule has 158 valence electrons. The lowest BCUT2D eigenvalue weighted by Crippen LogP contribution is -2.27. The van der Waals surface area contributed by atoms with Crippen LogP contribution in [-0.2, 0) is 25.1 Å². The van der Waals surface area contributed by atoms with Crippen molar-refractivity contribution < 1.29 is 38.2 Å². The Hall–Kier alpha value is -1.63. The standard InChI is InChI=1S/C12H21N5O9P2/c13-12-15-10-9(11(18)16-12)14-7-17(10)5-8(26-2-4-28(22,23)24)6-25-1-3-27(19,20)21/h7-8H,1-6H2,(H2,19,20,21)(H2,22,23,24)(H3,13,15,16,18)/t8-/m1/s1. The van der Waals surface area contributed by atoms with E-state index in [1.165, 1.54) is 10.9 Å². The number of hydrogen-bond donors (Lipinski definition) is 6. The van der Waals surface area contributed by atoms with Crippen LogP contribution in [0.1, 0.15) is 0 Å². The fourth-order valence-corrected chi connectivity index (χ4v) is 2.92. The van der Waals surface area contributed by atoms with Gasteiger partial charge in [-0.2, -0.15) is 4.98 Å². The molecule has 0 saturated heterocycles. The normalized spacial score (nSPS) is 13.9. The van der Waals surface area contributed by atoms with Gasteiger partial charge in [0.2, 0.25) is 5.95 Å². The van der Waals surface area contributed by atoms with E-state index < -0.39 is 39.2 Å². The minimum absolute atomic E-state index is 0.0451. The van der Waals surface area contributed by atoms with E-state index in [0.29, 0.717) is 0 Å². The van der Waals surface area contributed by atoms with Crippen LogP contribution in [-0.4, -0.2) is 77.3 Å².